The van der Waals surface area contributed by atoms with Gasteiger partial charge in [-0.25, -0.2) is 0 Å². The Hall–Kier alpha value is -2.89. The van der Waals surface area contributed by atoms with Crippen LogP contribution in [0.2, 0.25) is 0 Å². The molecule has 0 saturated carbocycles. The summed E-state index contributed by atoms with van der Waals surface area (Å²) in [5.74, 6) is -0.474. The van der Waals surface area contributed by atoms with E-state index in [1.165, 1.54) is 11.8 Å². The average Bonchev–Trinajstić information content (AvgIpc) is 2.94. The minimum atomic E-state index is -0.495. The van der Waals surface area contributed by atoms with Crippen LogP contribution in [0, 0.1) is 6.92 Å². The molecule has 1 aromatic carbocycles. The van der Waals surface area contributed by atoms with Crippen LogP contribution in [-0.4, -0.2) is 35.4 Å². The molecule has 6 nitrogen and oxygen atoms in total. The Morgan fingerprint density at radius 3 is 2.28 bits per heavy atom. The maximum atomic E-state index is 12.7. The number of amides is 1. The lowest BCUT2D eigenvalue weighted by Gasteiger charge is -2.21. The van der Waals surface area contributed by atoms with Gasteiger partial charge in [0.1, 0.15) is 12.4 Å². The highest BCUT2D eigenvalue weighted by molar-refractivity contribution is 6.09. The fourth-order valence-electron chi connectivity index (χ4n) is 2.54. The minimum absolute atomic E-state index is 0.145. The van der Waals surface area contributed by atoms with Gasteiger partial charge in [0, 0.05) is 19.5 Å². The molecule has 0 unspecified atom stereocenters. The van der Waals surface area contributed by atoms with Crippen molar-refractivity contribution in [2.45, 2.75) is 20.8 Å². The maximum Gasteiger partial charge on any atom is 0.326 e. The van der Waals surface area contributed by atoms with Crippen molar-refractivity contribution in [3.8, 4) is 0 Å². The zero-order valence-corrected chi connectivity index (χ0v) is 14.9. The largest absolute Gasteiger partial charge is 0.465 e. The molecule has 1 amide bonds. The van der Waals surface area contributed by atoms with Crippen molar-refractivity contribution in [1.29, 1.82) is 0 Å². The third-order valence-electron chi connectivity index (χ3n) is 3.89. The summed E-state index contributed by atoms with van der Waals surface area (Å²) >= 11 is 0. The highest BCUT2D eigenvalue weighted by atomic mass is 16.5. The summed E-state index contributed by atoms with van der Waals surface area (Å²) in [7, 11) is 1.69. The summed E-state index contributed by atoms with van der Waals surface area (Å²) in [5.41, 5.74) is 2.08. The second-order valence-corrected chi connectivity index (χ2v) is 5.74. The van der Waals surface area contributed by atoms with Crippen molar-refractivity contribution in [2.75, 3.05) is 18.1 Å². The van der Waals surface area contributed by atoms with Crippen molar-refractivity contribution >= 4 is 23.5 Å². The van der Waals surface area contributed by atoms with E-state index in [-0.39, 0.29) is 24.8 Å². The van der Waals surface area contributed by atoms with Gasteiger partial charge in [-0.3, -0.25) is 19.3 Å². The number of esters is 1. The molecule has 0 bridgehead atoms. The predicted molar refractivity (Wildman–Crippen MR) is 94.7 cm³/mol. The molecular weight excluding hydrogens is 320 g/mol. The molecular formula is C19H22N2O4. The van der Waals surface area contributed by atoms with Gasteiger partial charge in [-0.15, -0.1) is 0 Å². The minimum Gasteiger partial charge on any atom is -0.465 e. The Labute approximate surface area is 147 Å². The number of benzene rings is 1. The van der Waals surface area contributed by atoms with Crippen LogP contribution in [0.25, 0.3) is 0 Å². The molecule has 0 spiro atoms. The van der Waals surface area contributed by atoms with Gasteiger partial charge in [0.05, 0.1) is 12.3 Å². The quantitative estimate of drug-likeness (QED) is 0.597. The number of nitrogens with zero attached hydrogens (tertiary/aromatic N) is 2. The van der Waals surface area contributed by atoms with E-state index in [1.54, 1.807) is 42.8 Å². The number of anilines is 1. The molecule has 0 fully saturated rings. The van der Waals surface area contributed by atoms with E-state index in [1.807, 2.05) is 19.1 Å². The van der Waals surface area contributed by atoms with Gasteiger partial charge < -0.3 is 9.30 Å². The van der Waals surface area contributed by atoms with Gasteiger partial charge in [-0.1, -0.05) is 29.8 Å². The van der Waals surface area contributed by atoms with Crippen LogP contribution in [0.15, 0.2) is 36.4 Å². The van der Waals surface area contributed by atoms with Crippen LogP contribution in [0.1, 0.15) is 35.5 Å². The summed E-state index contributed by atoms with van der Waals surface area (Å²) in [6, 6.07) is 10.6. The zero-order chi connectivity index (χ0) is 18.6. The third kappa shape index (κ3) is 4.15. The van der Waals surface area contributed by atoms with E-state index in [4.69, 9.17) is 4.74 Å². The first-order valence-corrected chi connectivity index (χ1v) is 8.06. The van der Waals surface area contributed by atoms with Crippen LogP contribution in [0.5, 0.6) is 0 Å². The number of hydrogen-bond donors (Lipinski definition) is 0. The van der Waals surface area contributed by atoms with E-state index in [0.29, 0.717) is 17.1 Å². The second kappa shape index (κ2) is 7.79. The third-order valence-corrected chi connectivity index (χ3v) is 3.89. The molecule has 0 atom stereocenters. The van der Waals surface area contributed by atoms with Crippen molar-refractivity contribution < 1.29 is 19.1 Å². The topological polar surface area (TPSA) is 68.6 Å². The molecule has 0 aliphatic rings. The van der Waals surface area contributed by atoms with Crippen LogP contribution < -0.4 is 4.90 Å². The summed E-state index contributed by atoms with van der Waals surface area (Å²) in [5, 5.41) is 0. The Morgan fingerprint density at radius 1 is 1.08 bits per heavy atom. The van der Waals surface area contributed by atoms with E-state index in [9.17, 15) is 14.4 Å². The second-order valence-electron chi connectivity index (χ2n) is 5.74. The zero-order valence-electron chi connectivity index (χ0n) is 14.9. The summed E-state index contributed by atoms with van der Waals surface area (Å²) < 4.78 is 6.52. The number of aromatic nitrogens is 1. The highest BCUT2D eigenvalue weighted by Crippen LogP contribution is 2.21. The van der Waals surface area contributed by atoms with Crippen LogP contribution in [0.3, 0.4) is 0 Å². The van der Waals surface area contributed by atoms with Crippen molar-refractivity contribution in [1.82, 2.24) is 4.57 Å². The molecule has 0 N–H and O–H groups in total. The monoisotopic (exact) mass is 342 g/mol. The predicted octanol–water partition coefficient (Wildman–Crippen LogP) is 2.48. The average molecular weight is 342 g/mol. The lowest BCUT2D eigenvalue weighted by atomic mass is 10.1. The number of carbonyl (C=O) groups excluding carboxylic acids is 3. The summed E-state index contributed by atoms with van der Waals surface area (Å²) in [4.78, 5) is 37.7. The lowest BCUT2D eigenvalue weighted by Crippen LogP contribution is -2.36. The molecule has 0 aliphatic carbocycles. The molecule has 0 aliphatic heterocycles. The highest BCUT2D eigenvalue weighted by Gasteiger charge is 2.22. The molecule has 1 heterocycles. The molecule has 6 heteroatoms. The van der Waals surface area contributed by atoms with Gasteiger partial charge in [0.15, 0.2) is 0 Å². The Kier molecular flexibility index (Phi) is 5.75. The maximum absolute atomic E-state index is 12.7. The smallest absolute Gasteiger partial charge is 0.326 e. The van der Waals surface area contributed by atoms with Crippen molar-refractivity contribution in [2.24, 2.45) is 7.05 Å². The fourth-order valence-corrected chi connectivity index (χ4v) is 2.54. The lowest BCUT2D eigenvalue weighted by molar-refractivity contribution is -0.142. The summed E-state index contributed by atoms with van der Waals surface area (Å²) in [6.45, 7) is 5.08. The molecule has 2 rings (SSSR count). The van der Waals surface area contributed by atoms with Crippen LogP contribution in [-0.2, 0) is 21.4 Å². The number of hydrogen-bond acceptors (Lipinski definition) is 4. The molecule has 2 aromatic rings. The molecule has 0 radical (unpaired) electrons. The van der Waals surface area contributed by atoms with E-state index in [0.717, 1.165) is 5.56 Å². The Bertz CT molecular complexity index is 790. The number of carbonyl (C=O) groups is 3. The van der Waals surface area contributed by atoms with Gasteiger partial charge in [0.2, 0.25) is 11.7 Å². The summed E-state index contributed by atoms with van der Waals surface area (Å²) in [6.07, 6.45) is 0. The van der Waals surface area contributed by atoms with E-state index in [2.05, 4.69) is 0 Å². The number of rotatable bonds is 6. The van der Waals surface area contributed by atoms with E-state index >= 15 is 0 Å². The van der Waals surface area contributed by atoms with Crippen LogP contribution >= 0.6 is 0 Å². The van der Waals surface area contributed by atoms with Gasteiger partial charge in [-0.2, -0.15) is 0 Å². The first kappa shape index (κ1) is 18.4. The molecule has 25 heavy (non-hydrogen) atoms. The number of ether oxygens (including phenoxy) is 1. The molecule has 0 saturated heterocycles. The van der Waals surface area contributed by atoms with Crippen LogP contribution in [0.4, 0.5) is 5.82 Å². The first-order valence-electron chi connectivity index (χ1n) is 8.06. The van der Waals surface area contributed by atoms with Gasteiger partial charge in [-0.05, 0) is 26.0 Å². The first-order chi connectivity index (χ1) is 11.8. The molecule has 132 valence electrons. The molecule has 1 aromatic heterocycles. The van der Waals surface area contributed by atoms with Crippen molar-refractivity contribution in [3.63, 3.8) is 0 Å². The van der Waals surface area contributed by atoms with Gasteiger partial charge >= 0.3 is 5.97 Å². The Balaban J connectivity index is 2.31. The normalized spacial score (nSPS) is 10.4. The fraction of sp³-hybridized carbons (Fsp3) is 0.316. The van der Waals surface area contributed by atoms with E-state index < -0.39 is 5.97 Å². The standard InChI is InChI=1S/C19H22N2O4/c1-5-25-18(23)12-21(14(3)22)17-11-10-16(20(17)4)19(24)15-8-6-13(2)7-9-15/h6-11H,5,12H2,1-4H3. The SMILES string of the molecule is CCOC(=O)CN(C(C)=O)c1ccc(C(=O)c2ccc(C)cc2)n1C. The van der Waals surface area contributed by atoms with Gasteiger partial charge in [0.25, 0.3) is 0 Å². The number of ketones is 1. The van der Waals surface area contributed by atoms with Crippen molar-refractivity contribution in [3.05, 3.63) is 53.2 Å². The Morgan fingerprint density at radius 2 is 1.72 bits per heavy atom. The number of aryl methyl sites for hydroxylation is 1.